The van der Waals surface area contributed by atoms with Gasteiger partial charge in [-0.3, -0.25) is 4.68 Å². The van der Waals surface area contributed by atoms with Gasteiger partial charge in [-0.15, -0.1) is 0 Å². The van der Waals surface area contributed by atoms with Gasteiger partial charge >= 0.3 is 0 Å². The van der Waals surface area contributed by atoms with Crippen LogP contribution in [0.25, 0.3) is 0 Å². The third-order valence-corrected chi connectivity index (χ3v) is 3.76. The first-order valence-corrected chi connectivity index (χ1v) is 7.84. The molecule has 0 saturated carbocycles. The summed E-state index contributed by atoms with van der Waals surface area (Å²) >= 11 is 0. The maximum absolute atomic E-state index is 4.70. The molecule has 116 valence electrons. The van der Waals surface area contributed by atoms with Crippen LogP contribution in [-0.4, -0.2) is 48.4 Å². The molecule has 1 heterocycles. The van der Waals surface area contributed by atoms with Gasteiger partial charge < -0.3 is 10.2 Å². The lowest BCUT2D eigenvalue weighted by Gasteiger charge is -2.13. The van der Waals surface area contributed by atoms with Crippen LogP contribution in [0.3, 0.4) is 0 Å². The Morgan fingerprint density at radius 1 is 1.30 bits per heavy atom. The molecule has 20 heavy (non-hydrogen) atoms. The Morgan fingerprint density at radius 3 is 2.60 bits per heavy atom. The van der Waals surface area contributed by atoms with Crippen molar-refractivity contribution in [3.63, 3.8) is 0 Å². The van der Waals surface area contributed by atoms with Crippen LogP contribution in [0.2, 0.25) is 0 Å². The summed E-state index contributed by atoms with van der Waals surface area (Å²) in [6.45, 7) is 13.1. The quantitative estimate of drug-likeness (QED) is 0.704. The number of nitrogens with one attached hydrogen (secondary N) is 1. The summed E-state index contributed by atoms with van der Waals surface area (Å²) in [5.41, 5.74) is 3.98. The topological polar surface area (TPSA) is 33.1 Å². The number of hydrogen-bond donors (Lipinski definition) is 1. The second-order valence-electron chi connectivity index (χ2n) is 6.19. The van der Waals surface area contributed by atoms with E-state index in [4.69, 9.17) is 5.10 Å². The number of hydrogen-bond acceptors (Lipinski definition) is 3. The molecule has 0 aromatic carbocycles. The largest absolute Gasteiger partial charge is 0.316 e. The van der Waals surface area contributed by atoms with Gasteiger partial charge in [0, 0.05) is 12.2 Å². The molecule has 0 saturated heterocycles. The van der Waals surface area contributed by atoms with Crippen molar-refractivity contribution in [1.82, 2.24) is 20.0 Å². The van der Waals surface area contributed by atoms with Crippen LogP contribution in [0.1, 0.15) is 37.2 Å². The van der Waals surface area contributed by atoms with Crippen molar-refractivity contribution in [2.45, 2.75) is 47.1 Å². The SMILES string of the molecule is CCCNCC(C)Cc1c(C)nn(CCN(C)C)c1C. The van der Waals surface area contributed by atoms with Crippen molar-refractivity contribution in [2.75, 3.05) is 33.7 Å². The highest BCUT2D eigenvalue weighted by molar-refractivity contribution is 5.25. The van der Waals surface area contributed by atoms with E-state index in [-0.39, 0.29) is 0 Å². The molecule has 1 unspecified atom stereocenters. The highest BCUT2D eigenvalue weighted by atomic mass is 15.3. The van der Waals surface area contributed by atoms with E-state index in [0.29, 0.717) is 5.92 Å². The van der Waals surface area contributed by atoms with E-state index < -0.39 is 0 Å². The van der Waals surface area contributed by atoms with E-state index in [1.54, 1.807) is 0 Å². The summed E-state index contributed by atoms with van der Waals surface area (Å²) in [5, 5.41) is 8.21. The highest BCUT2D eigenvalue weighted by Crippen LogP contribution is 2.17. The minimum Gasteiger partial charge on any atom is -0.316 e. The molecule has 0 aliphatic heterocycles. The van der Waals surface area contributed by atoms with Crippen molar-refractivity contribution in [1.29, 1.82) is 0 Å². The van der Waals surface area contributed by atoms with Crippen LogP contribution in [0.15, 0.2) is 0 Å². The molecule has 1 atom stereocenters. The number of likely N-dealkylation sites (N-methyl/N-ethyl adjacent to an activating group) is 1. The van der Waals surface area contributed by atoms with E-state index in [1.807, 2.05) is 0 Å². The smallest absolute Gasteiger partial charge is 0.0628 e. The molecule has 4 nitrogen and oxygen atoms in total. The molecule has 1 N–H and O–H groups in total. The van der Waals surface area contributed by atoms with Gasteiger partial charge in [-0.2, -0.15) is 5.10 Å². The Labute approximate surface area is 124 Å². The molecular formula is C16H32N4. The monoisotopic (exact) mass is 280 g/mol. The fourth-order valence-electron chi connectivity index (χ4n) is 2.49. The Morgan fingerprint density at radius 2 is 2.00 bits per heavy atom. The van der Waals surface area contributed by atoms with Gasteiger partial charge in [-0.05, 0) is 65.4 Å². The first-order valence-electron chi connectivity index (χ1n) is 7.84. The molecule has 0 aliphatic carbocycles. The lowest BCUT2D eigenvalue weighted by molar-refractivity contribution is 0.370. The molecule has 1 aromatic rings. The van der Waals surface area contributed by atoms with Crippen LogP contribution in [0.4, 0.5) is 0 Å². The standard InChI is InChI=1S/C16H32N4/c1-7-8-17-12-13(2)11-16-14(3)18-20(15(16)4)10-9-19(5)6/h13,17H,7-12H2,1-6H3. The first-order chi connectivity index (χ1) is 9.45. The molecule has 0 amide bonds. The Bertz CT molecular complexity index is 395. The normalized spacial score (nSPS) is 13.2. The molecule has 0 aliphatic rings. The zero-order chi connectivity index (χ0) is 15.1. The molecule has 0 spiro atoms. The van der Waals surface area contributed by atoms with Gasteiger partial charge in [-0.1, -0.05) is 13.8 Å². The molecule has 4 heteroatoms. The van der Waals surface area contributed by atoms with Gasteiger partial charge in [0.15, 0.2) is 0 Å². The second-order valence-corrected chi connectivity index (χ2v) is 6.19. The predicted octanol–water partition coefficient (Wildman–Crippen LogP) is 2.24. The Hall–Kier alpha value is -0.870. The summed E-state index contributed by atoms with van der Waals surface area (Å²) in [6, 6.07) is 0. The number of aromatic nitrogens is 2. The predicted molar refractivity (Wildman–Crippen MR) is 86.3 cm³/mol. The zero-order valence-corrected chi connectivity index (χ0v) is 14.2. The summed E-state index contributed by atoms with van der Waals surface area (Å²) < 4.78 is 2.16. The number of rotatable bonds is 9. The Balaban J connectivity index is 2.61. The third-order valence-electron chi connectivity index (χ3n) is 3.76. The zero-order valence-electron chi connectivity index (χ0n) is 14.2. The molecule has 1 rings (SSSR count). The van der Waals surface area contributed by atoms with E-state index >= 15 is 0 Å². The van der Waals surface area contributed by atoms with Crippen LogP contribution >= 0.6 is 0 Å². The lowest BCUT2D eigenvalue weighted by atomic mass is 9.99. The van der Waals surface area contributed by atoms with Gasteiger partial charge in [0.25, 0.3) is 0 Å². The van der Waals surface area contributed by atoms with E-state index in [0.717, 1.165) is 32.6 Å². The molecule has 1 aromatic heterocycles. The molecular weight excluding hydrogens is 248 g/mol. The number of aryl methyl sites for hydroxylation is 1. The van der Waals surface area contributed by atoms with Gasteiger partial charge in [0.1, 0.15) is 0 Å². The average molecular weight is 280 g/mol. The van der Waals surface area contributed by atoms with Gasteiger partial charge in [0.2, 0.25) is 0 Å². The average Bonchev–Trinajstić information content (AvgIpc) is 2.64. The fraction of sp³-hybridized carbons (Fsp3) is 0.812. The highest BCUT2D eigenvalue weighted by Gasteiger charge is 2.14. The van der Waals surface area contributed by atoms with Crippen molar-refractivity contribution >= 4 is 0 Å². The van der Waals surface area contributed by atoms with Crippen LogP contribution in [-0.2, 0) is 13.0 Å². The first kappa shape index (κ1) is 17.2. The fourth-order valence-corrected chi connectivity index (χ4v) is 2.49. The van der Waals surface area contributed by atoms with E-state index in [9.17, 15) is 0 Å². The van der Waals surface area contributed by atoms with Crippen molar-refractivity contribution in [3.05, 3.63) is 17.0 Å². The second kappa shape index (κ2) is 8.42. The maximum Gasteiger partial charge on any atom is 0.0628 e. The Kier molecular flexibility index (Phi) is 7.24. The number of nitrogens with zero attached hydrogens (tertiary/aromatic N) is 3. The van der Waals surface area contributed by atoms with Crippen LogP contribution in [0.5, 0.6) is 0 Å². The van der Waals surface area contributed by atoms with Crippen molar-refractivity contribution in [3.8, 4) is 0 Å². The van der Waals surface area contributed by atoms with Gasteiger partial charge in [-0.25, -0.2) is 0 Å². The summed E-state index contributed by atoms with van der Waals surface area (Å²) in [6.07, 6.45) is 2.32. The molecule has 0 radical (unpaired) electrons. The third kappa shape index (κ3) is 5.25. The minimum absolute atomic E-state index is 0.658. The minimum atomic E-state index is 0.658. The van der Waals surface area contributed by atoms with Crippen LogP contribution < -0.4 is 5.32 Å². The van der Waals surface area contributed by atoms with Crippen molar-refractivity contribution < 1.29 is 0 Å². The van der Waals surface area contributed by atoms with E-state index in [2.05, 4.69) is 56.7 Å². The van der Waals surface area contributed by atoms with Crippen LogP contribution in [0, 0.1) is 19.8 Å². The van der Waals surface area contributed by atoms with E-state index in [1.165, 1.54) is 23.4 Å². The molecule has 0 fully saturated rings. The van der Waals surface area contributed by atoms with Gasteiger partial charge in [0.05, 0.1) is 12.2 Å². The molecule has 0 bridgehead atoms. The maximum atomic E-state index is 4.70. The lowest BCUT2D eigenvalue weighted by Crippen LogP contribution is -2.23. The summed E-state index contributed by atoms with van der Waals surface area (Å²) in [7, 11) is 4.21. The summed E-state index contributed by atoms with van der Waals surface area (Å²) in [5.74, 6) is 0.658. The van der Waals surface area contributed by atoms with Crippen molar-refractivity contribution in [2.24, 2.45) is 5.92 Å². The summed E-state index contributed by atoms with van der Waals surface area (Å²) in [4.78, 5) is 2.20.